The summed E-state index contributed by atoms with van der Waals surface area (Å²) < 4.78 is 0. The molecule has 0 fully saturated rings. The highest BCUT2D eigenvalue weighted by Crippen LogP contribution is 2.24. The molecule has 14 heavy (non-hydrogen) atoms. The molecule has 0 rings (SSSR count). The zero-order valence-electron chi connectivity index (χ0n) is 11.0. The van der Waals surface area contributed by atoms with Crippen molar-refractivity contribution in [2.75, 3.05) is 0 Å². The third kappa shape index (κ3) is 4.83. The lowest BCUT2D eigenvalue weighted by Gasteiger charge is -2.19. The van der Waals surface area contributed by atoms with Crippen molar-refractivity contribution in [1.82, 2.24) is 0 Å². The van der Waals surface area contributed by atoms with Crippen LogP contribution in [0.5, 0.6) is 0 Å². The summed E-state index contributed by atoms with van der Waals surface area (Å²) in [4.78, 5) is 0. The predicted octanol–water partition coefficient (Wildman–Crippen LogP) is 5.20. The molecule has 0 heterocycles. The maximum Gasteiger partial charge on any atom is -0.0315 e. The second kappa shape index (κ2) is 7.09. The van der Waals surface area contributed by atoms with Crippen LogP contribution in [0, 0.1) is 11.8 Å². The Hall–Kier alpha value is -0.260. The zero-order valence-corrected chi connectivity index (χ0v) is 11.0. The highest BCUT2D eigenvalue weighted by molar-refractivity contribution is 5.09. The van der Waals surface area contributed by atoms with E-state index in [2.05, 4.69) is 41.5 Å². The van der Waals surface area contributed by atoms with Crippen molar-refractivity contribution in [3.8, 4) is 0 Å². The molecule has 2 atom stereocenters. The molecule has 0 spiro atoms. The van der Waals surface area contributed by atoms with Crippen LogP contribution < -0.4 is 0 Å². The van der Waals surface area contributed by atoms with E-state index in [0.717, 1.165) is 11.8 Å². The lowest BCUT2D eigenvalue weighted by molar-refractivity contribution is 0.354. The molecule has 0 bridgehead atoms. The van der Waals surface area contributed by atoms with Gasteiger partial charge in [0, 0.05) is 0 Å². The molecule has 0 saturated heterocycles. The van der Waals surface area contributed by atoms with Gasteiger partial charge >= 0.3 is 0 Å². The van der Waals surface area contributed by atoms with Crippen LogP contribution in [0.25, 0.3) is 0 Å². The molecule has 2 unspecified atom stereocenters. The molecule has 0 amide bonds. The Morgan fingerprint density at radius 2 is 1.57 bits per heavy atom. The zero-order chi connectivity index (χ0) is 11.1. The molecule has 84 valence electrons. The van der Waals surface area contributed by atoms with E-state index in [1.54, 1.807) is 5.57 Å². The topological polar surface area (TPSA) is 0 Å². The van der Waals surface area contributed by atoms with Crippen LogP contribution in [0.3, 0.4) is 0 Å². The first-order valence-electron chi connectivity index (χ1n) is 6.18. The van der Waals surface area contributed by atoms with Gasteiger partial charge in [-0.1, -0.05) is 45.3 Å². The largest absolute Gasteiger partial charge is 0.0772 e. The summed E-state index contributed by atoms with van der Waals surface area (Å²) >= 11 is 0. The summed E-state index contributed by atoms with van der Waals surface area (Å²) in [5.74, 6) is 1.76. The molecule has 0 aromatic rings. The van der Waals surface area contributed by atoms with E-state index in [9.17, 15) is 0 Å². The van der Waals surface area contributed by atoms with Gasteiger partial charge < -0.3 is 0 Å². The van der Waals surface area contributed by atoms with Crippen molar-refractivity contribution < 1.29 is 0 Å². The number of hydrogen-bond donors (Lipinski definition) is 0. The normalized spacial score (nSPS) is 15.0. The van der Waals surface area contributed by atoms with Gasteiger partial charge in [0.2, 0.25) is 0 Å². The van der Waals surface area contributed by atoms with Crippen molar-refractivity contribution in [1.29, 1.82) is 0 Å². The van der Waals surface area contributed by atoms with Crippen LogP contribution >= 0.6 is 0 Å². The number of rotatable bonds is 6. The lowest BCUT2D eigenvalue weighted by Crippen LogP contribution is -2.07. The van der Waals surface area contributed by atoms with Crippen molar-refractivity contribution in [3.05, 3.63) is 11.1 Å². The number of allylic oxidation sites excluding steroid dienone is 2. The molecule has 0 aromatic carbocycles. The fraction of sp³-hybridized carbons (Fsp3) is 0.857. The maximum atomic E-state index is 2.40. The van der Waals surface area contributed by atoms with Crippen LogP contribution in [-0.4, -0.2) is 0 Å². The van der Waals surface area contributed by atoms with Crippen molar-refractivity contribution in [2.24, 2.45) is 11.8 Å². The van der Waals surface area contributed by atoms with Gasteiger partial charge in [0.05, 0.1) is 0 Å². The standard InChI is InChI=1S/C14H28/c1-7-12(5)13(6)9-10-14(8-2)11(3)4/h12-13H,7-10H2,1-6H3. The van der Waals surface area contributed by atoms with Crippen LogP contribution in [0.2, 0.25) is 0 Å². The Balaban J connectivity index is 3.98. The molecule has 0 heteroatoms. The van der Waals surface area contributed by atoms with Crippen molar-refractivity contribution >= 4 is 0 Å². The van der Waals surface area contributed by atoms with E-state index in [4.69, 9.17) is 0 Å². The lowest BCUT2D eigenvalue weighted by atomic mass is 9.87. The highest BCUT2D eigenvalue weighted by Gasteiger charge is 2.10. The second-order valence-corrected chi connectivity index (χ2v) is 4.86. The van der Waals surface area contributed by atoms with Gasteiger partial charge in [0.15, 0.2) is 0 Å². The molecular weight excluding hydrogens is 168 g/mol. The van der Waals surface area contributed by atoms with Gasteiger partial charge in [-0.25, -0.2) is 0 Å². The van der Waals surface area contributed by atoms with Crippen LogP contribution in [-0.2, 0) is 0 Å². The SMILES string of the molecule is CCC(CCC(C)C(C)CC)=C(C)C. The van der Waals surface area contributed by atoms with Crippen molar-refractivity contribution in [3.63, 3.8) is 0 Å². The Labute approximate surface area is 90.8 Å². The summed E-state index contributed by atoms with van der Waals surface area (Å²) in [6, 6.07) is 0. The van der Waals surface area contributed by atoms with E-state index < -0.39 is 0 Å². The van der Waals surface area contributed by atoms with Gasteiger partial charge in [-0.05, 0) is 44.9 Å². The monoisotopic (exact) mass is 196 g/mol. The van der Waals surface area contributed by atoms with E-state index >= 15 is 0 Å². The van der Waals surface area contributed by atoms with E-state index in [1.165, 1.54) is 31.3 Å². The Morgan fingerprint density at radius 3 is 1.93 bits per heavy atom. The fourth-order valence-corrected chi connectivity index (χ4v) is 1.87. The molecule has 0 N–H and O–H groups in total. The quantitative estimate of drug-likeness (QED) is 0.512. The van der Waals surface area contributed by atoms with Crippen LogP contribution in [0.15, 0.2) is 11.1 Å². The minimum Gasteiger partial charge on any atom is -0.0772 e. The van der Waals surface area contributed by atoms with Crippen LogP contribution in [0.1, 0.15) is 67.2 Å². The van der Waals surface area contributed by atoms with Crippen LogP contribution in [0.4, 0.5) is 0 Å². The minimum absolute atomic E-state index is 0.876. The van der Waals surface area contributed by atoms with Crippen molar-refractivity contribution in [2.45, 2.75) is 67.2 Å². The molecule has 0 aliphatic rings. The summed E-state index contributed by atoms with van der Waals surface area (Å²) in [6.45, 7) is 13.8. The smallest absolute Gasteiger partial charge is 0.0315 e. The van der Waals surface area contributed by atoms with Gasteiger partial charge in [0.25, 0.3) is 0 Å². The summed E-state index contributed by atoms with van der Waals surface area (Å²) in [5, 5.41) is 0. The first-order chi connectivity index (χ1) is 6.52. The highest BCUT2D eigenvalue weighted by atomic mass is 14.2. The molecule has 0 saturated carbocycles. The summed E-state index contributed by atoms with van der Waals surface area (Å²) in [5.41, 5.74) is 3.20. The van der Waals surface area contributed by atoms with Gasteiger partial charge in [-0.3, -0.25) is 0 Å². The summed E-state index contributed by atoms with van der Waals surface area (Å²) in [6.07, 6.45) is 5.22. The third-order valence-corrected chi connectivity index (χ3v) is 3.65. The molecular formula is C14H28. The molecule has 0 aliphatic carbocycles. The molecule has 0 aromatic heterocycles. The Bertz CT molecular complexity index is 172. The van der Waals surface area contributed by atoms with E-state index in [0.29, 0.717) is 0 Å². The van der Waals surface area contributed by atoms with Gasteiger partial charge in [0.1, 0.15) is 0 Å². The van der Waals surface area contributed by atoms with E-state index in [1.807, 2.05) is 0 Å². The Kier molecular flexibility index (Phi) is 6.96. The first kappa shape index (κ1) is 13.7. The average molecular weight is 196 g/mol. The first-order valence-corrected chi connectivity index (χ1v) is 6.18. The maximum absolute atomic E-state index is 2.40. The minimum atomic E-state index is 0.876. The molecule has 0 aliphatic heterocycles. The molecule has 0 nitrogen and oxygen atoms in total. The third-order valence-electron chi connectivity index (χ3n) is 3.65. The predicted molar refractivity (Wildman–Crippen MR) is 66.5 cm³/mol. The summed E-state index contributed by atoms with van der Waals surface area (Å²) in [7, 11) is 0. The van der Waals surface area contributed by atoms with E-state index in [-0.39, 0.29) is 0 Å². The van der Waals surface area contributed by atoms with Gasteiger partial charge in [-0.15, -0.1) is 0 Å². The Morgan fingerprint density at radius 1 is 1.00 bits per heavy atom. The second-order valence-electron chi connectivity index (χ2n) is 4.86. The fourth-order valence-electron chi connectivity index (χ4n) is 1.87. The average Bonchev–Trinajstić information content (AvgIpc) is 2.16. The number of hydrogen-bond acceptors (Lipinski definition) is 0. The van der Waals surface area contributed by atoms with Gasteiger partial charge in [-0.2, -0.15) is 0 Å². The molecule has 0 radical (unpaired) electrons.